The molecule has 0 aliphatic rings. The Bertz CT molecular complexity index is 1470. The lowest BCUT2D eigenvalue weighted by Gasteiger charge is -2.35. The van der Waals surface area contributed by atoms with Crippen LogP contribution in [0.15, 0.2) is 60.7 Å². The van der Waals surface area contributed by atoms with Crippen molar-refractivity contribution in [3.8, 4) is 5.75 Å². The number of hydrogen-bond donors (Lipinski definition) is 1. The van der Waals surface area contributed by atoms with Gasteiger partial charge in [-0.3, -0.25) is 4.55 Å². The lowest BCUT2D eigenvalue weighted by molar-refractivity contribution is -0.356. The van der Waals surface area contributed by atoms with Crippen LogP contribution in [0.25, 0.3) is 10.8 Å². The van der Waals surface area contributed by atoms with E-state index in [-0.39, 0.29) is 11.9 Å². The van der Waals surface area contributed by atoms with Gasteiger partial charge in [0, 0.05) is 0 Å². The molecule has 202 valence electrons. The molecular weight excluding hydrogens is 545 g/mol. The van der Waals surface area contributed by atoms with Crippen molar-refractivity contribution < 1.29 is 58.4 Å². The molecular formula is C23H17BF6O7S. The van der Waals surface area contributed by atoms with Crippen LogP contribution in [0.1, 0.15) is 26.3 Å². The van der Waals surface area contributed by atoms with E-state index in [4.69, 9.17) is 9.29 Å². The topological polar surface area (TPSA) is 107 Å². The van der Waals surface area contributed by atoms with Crippen LogP contribution in [0, 0.1) is 0 Å². The molecule has 0 spiro atoms. The smallest absolute Gasteiger partial charge is 0.434 e. The summed E-state index contributed by atoms with van der Waals surface area (Å²) in [4.78, 5) is 25.6. The summed E-state index contributed by atoms with van der Waals surface area (Å²) in [5.74, 6) is -7.15. The molecule has 0 aliphatic carbocycles. The molecule has 0 fully saturated rings. The fraction of sp³-hybridized carbons (Fsp3) is 0.217. The largest absolute Gasteiger partial charge is 0.438 e. The van der Waals surface area contributed by atoms with E-state index in [2.05, 4.69) is 4.74 Å². The van der Waals surface area contributed by atoms with Crippen LogP contribution in [0.5, 0.6) is 5.75 Å². The van der Waals surface area contributed by atoms with Crippen molar-refractivity contribution in [3.63, 3.8) is 0 Å². The van der Waals surface area contributed by atoms with E-state index < -0.39 is 57.1 Å². The lowest BCUT2D eigenvalue weighted by Crippen LogP contribution is -2.63. The lowest BCUT2D eigenvalue weighted by atomic mass is 9.95. The van der Waals surface area contributed by atoms with Crippen molar-refractivity contribution in [2.45, 2.75) is 24.3 Å². The second-order valence-electron chi connectivity index (χ2n) is 8.04. The molecule has 7 nitrogen and oxygen atoms in total. The number of esters is 2. The predicted octanol–water partition coefficient (Wildman–Crippen LogP) is 4.10. The van der Waals surface area contributed by atoms with Gasteiger partial charge in [-0.2, -0.15) is 34.8 Å². The van der Waals surface area contributed by atoms with Crippen LogP contribution in [0.3, 0.4) is 0 Å². The fourth-order valence-electron chi connectivity index (χ4n) is 3.54. The molecule has 15 heteroatoms. The van der Waals surface area contributed by atoms with Gasteiger partial charge in [-0.15, -0.1) is 0 Å². The summed E-state index contributed by atoms with van der Waals surface area (Å²) in [5, 5.41) is 1.03. The molecule has 0 saturated heterocycles. The number of hydrogen-bond acceptors (Lipinski definition) is 6. The Morgan fingerprint density at radius 2 is 1.45 bits per heavy atom. The summed E-state index contributed by atoms with van der Waals surface area (Å²) in [6, 6.07) is 14.1. The van der Waals surface area contributed by atoms with Crippen LogP contribution in [0.2, 0.25) is 0 Å². The van der Waals surface area contributed by atoms with Gasteiger partial charge in [-0.25, -0.2) is 9.59 Å². The van der Waals surface area contributed by atoms with Gasteiger partial charge in [0.05, 0.1) is 5.56 Å². The third kappa shape index (κ3) is 5.94. The Hall–Kier alpha value is -3.59. The van der Waals surface area contributed by atoms with Gasteiger partial charge in [-0.1, -0.05) is 54.3 Å². The Balaban J connectivity index is 2.09. The Morgan fingerprint density at radius 1 is 0.842 bits per heavy atom. The second-order valence-corrected chi connectivity index (χ2v) is 9.49. The van der Waals surface area contributed by atoms with Crippen molar-refractivity contribution in [2.75, 3.05) is 5.75 Å². The number of alkyl halides is 6. The molecule has 0 aliphatic heterocycles. The molecule has 0 atom stereocenters. The van der Waals surface area contributed by atoms with E-state index in [1.165, 1.54) is 12.1 Å². The van der Waals surface area contributed by atoms with Crippen molar-refractivity contribution in [3.05, 3.63) is 77.4 Å². The molecule has 0 amide bonds. The highest BCUT2D eigenvalue weighted by molar-refractivity contribution is 7.85. The minimum absolute atomic E-state index is 0.0179. The summed E-state index contributed by atoms with van der Waals surface area (Å²) >= 11 is 0. The maximum atomic E-state index is 13.6. The maximum Gasteiger partial charge on any atom is 0.438 e. The van der Waals surface area contributed by atoms with Gasteiger partial charge >= 0.3 is 29.9 Å². The van der Waals surface area contributed by atoms with E-state index in [1.54, 1.807) is 38.2 Å². The fourth-order valence-corrected chi connectivity index (χ4v) is 4.44. The van der Waals surface area contributed by atoms with E-state index in [1.807, 2.05) is 0 Å². The van der Waals surface area contributed by atoms with Crippen molar-refractivity contribution in [2.24, 2.45) is 0 Å². The van der Waals surface area contributed by atoms with E-state index >= 15 is 0 Å². The zero-order chi connectivity index (χ0) is 28.5. The highest BCUT2D eigenvalue weighted by Gasteiger charge is 2.76. The molecule has 3 rings (SSSR count). The standard InChI is InChI=1S/C23H17BF6O7S/c24-11-13-8-9-17(20(32)37-21(22(25,26)27,23(28,29)30)12-38(33,34)35)18(10-13)36-19(31)16-7-3-5-14-4-1-2-6-15(14)16/h1-10H,11-12,24H2,(H,33,34,35). The number of carbonyl (C=O) groups is 2. The molecule has 0 bridgehead atoms. The Kier molecular flexibility index (Phi) is 7.85. The normalized spacial score (nSPS) is 12.8. The van der Waals surface area contributed by atoms with Gasteiger partial charge in [0.2, 0.25) is 0 Å². The first kappa shape index (κ1) is 29.0. The third-order valence-corrected chi connectivity index (χ3v) is 6.23. The third-order valence-electron chi connectivity index (χ3n) is 5.45. The molecule has 38 heavy (non-hydrogen) atoms. The Morgan fingerprint density at radius 3 is 2.03 bits per heavy atom. The van der Waals surface area contributed by atoms with Crippen LogP contribution < -0.4 is 4.74 Å². The molecule has 0 saturated carbocycles. The summed E-state index contributed by atoms with van der Waals surface area (Å²) in [7, 11) is -4.34. The van der Waals surface area contributed by atoms with Crippen LogP contribution in [-0.2, 0) is 21.2 Å². The Labute approximate surface area is 212 Å². The van der Waals surface area contributed by atoms with Crippen LogP contribution >= 0.6 is 0 Å². The van der Waals surface area contributed by atoms with Gasteiger partial charge in [0.1, 0.15) is 24.9 Å². The molecule has 1 N–H and O–H groups in total. The molecule has 3 aromatic carbocycles. The zero-order valence-electron chi connectivity index (χ0n) is 19.3. The average Bonchev–Trinajstić information content (AvgIpc) is 2.80. The first-order valence-corrected chi connectivity index (χ1v) is 12.2. The summed E-state index contributed by atoms with van der Waals surface area (Å²) in [6.45, 7) is 0. The van der Waals surface area contributed by atoms with Crippen molar-refractivity contribution >= 4 is 40.7 Å². The van der Waals surface area contributed by atoms with Gasteiger partial charge < -0.3 is 9.47 Å². The van der Waals surface area contributed by atoms with E-state index in [0.29, 0.717) is 16.3 Å². The average molecular weight is 562 g/mol. The highest BCUT2D eigenvalue weighted by Crippen LogP contribution is 2.47. The molecule has 0 aromatic heterocycles. The molecule has 0 heterocycles. The van der Waals surface area contributed by atoms with E-state index in [9.17, 15) is 44.3 Å². The van der Waals surface area contributed by atoms with Gasteiger partial charge in [-0.05, 0) is 29.0 Å². The molecule has 3 aromatic rings. The number of carbonyl (C=O) groups excluding carboxylic acids is 2. The predicted molar refractivity (Wildman–Crippen MR) is 124 cm³/mol. The number of rotatable bonds is 7. The number of ether oxygens (including phenoxy) is 2. The summed E-state index contributed by atoms with van der Waals surface area (Å²) < 4.78 is 122. The van der Waals surface area contributed by atoms with Crippen LogP contribution in [0.4, 0.5) is 26.3 Å². The molecule has 0 radical (unpaired) electrons. The van der Waals surface area contributed by atoms with Crippen molar-refractivity contribution in [1.29, 1.82) is 0 Å². The monoisotopic (exact) mass is 562 g/mol. The summed E-state index contributed by atoms with van der Waals surface area (Å²) in [5.41, 5.74) is -6.27. The minimum atomic E-state index is -6.51. The van der Waals surface area contributed by atoms with Gasteiger partial charge in [0.15, 0.2) is 0 Å². The van der Waals surface area contributed by atoms with Gasteiger partial charge in [0.25, 0.3) is 10.1 Å². The maximum absolute atomic E-state index is 13.6. The number of benzene rings is 3. The van der Waals surface area contributed by atoms with Crippen molar-refractivity contribution in [1.82, 2.24) is 0 Å². The highest BCUT2D eigenvalue weighted by atomic mass is 32.2. The second kappa shape index (κ2) is 10.3. The van der Waals surface area contributed by atoms with Crippen LogP contribution in [-0.4, -0.2) is 56.5 Å². The summed E-state index contributed by atoms with van der Waals surface area (Å²) in [6.07, 6.45) is -12.8. The zero-order valence-corrected chi connectivity index (χ0v) is 20.1. The number of fused-ring (bicyclic) bond motifs is 1. The quantitative estimate of drug-likeness (QED) is 0.152. The minimum Gasteiger partial charge on any atom is -0.434 e. The van der Waals surface area contributed by atoms with E-state index in [0.717, 1.165) is 18.2 Å². The molecule has 0 unspecified atom stereocenters. The first-order valence-electron chi connectivity index (χ1n) is 10.6. The number of halogens is 6. The first-order chi connectivity index (χ1) is 17.5. The SMILES string of the molecule is BCc1ccc(C(=O)OC(CS(=O)(=O)O)(C(F)(F)F)C(F)(F)F)c(OC(=O)c2cccc3ccccc23)c1.